The van der Waals surface area contributed by atoms with Gasteiger partial charge in [0.2, 0.25) is 0 Å². The maximum atomic E-state index is 9.59. The van der Waals surface area contributed by atoms with Crippen LogP contribution in [0.4, 0.5) is 0 Å². The summed E-state index contributed by atoms with van der Waals surface area (Å²) in [5.41, 5.74) is 5.50. The number of nitrogens with one attached hydrogen (secondary N) is 1. The summed E-state index contributed by atoms with van der Waals surface area (Å²) in [5, 5.41) is 13.2. The minimum atomic E-state index is 0.209. The summed E-state index contributed by atoms with van der Waals surface area (Å²) in [5.74, 6) is 0.325. The van der Waals surface area contributed by atoms with Crippen molar-refractivity contribution < 1.29 is 5.11 Å². The largest absolute Gasteiger partial charge is 0.508 e. The highest BCUT2D eigenvalue weighted by molar-refractivity contribution is 5.36. The second-order valence-electron chi connectivity index (χ2n) is 6.09. The van der Waals surface area contributed by atoms with Gasteiger partial charge in [-0.3, -0.25) is 0 Å². The van der Waals surface area contributed by atoms with Crippen LogP contribution in [0.5, 0.6) is 5.75 Å². The van der Waals surface area contributed by atoms with Gasteiger partial charge in [0.05, 0.1) is 0 Å². The van der Waals surface area contributed by atoms with Crippen molar-refractivity contribution in [3.8, 4) is 5.75 Å². The highest BCUT2D eigenvalue weighted by Crippen LogP contribution is 2.27. The van der Waals surface area contributed by atoms with Gasteiger partial charge in [-0.05, 0) is 67.5 Å². The van der Waals surface area contributed by atoms with Gasteiger partial charge in [0.25, 0.3) is 0 Å². The zero-order valence-electron chi connectivity index (χ0n) is 12.8. The van der Waals surface area contributed by atoms with E-state index in [2.05, 4.69) is 37.4 Å². The van der Waals surface area contributed by atoms with E-state index < -0.39 is 0 Å². The van der Waals surface area contributed by atoms with Gasteiger partial charge in [0, 0.05) is 12.1 Å². The summed E-state index contributed by atoms with van der Waals surface area (Å²) in [6.07, 6.45) is 3.75. The molecule has 0 aromatic heterocycles. The van der Waals surface area contributed by atoms with Crippen LogP contribution in [0, 0.1) is 0 Å². The molecule has 1 aliphatic carbocycles. The summed E-state index contributed by atoms with van der Waals surface area (Å²) in [4.78, 5) is 0. The Bertz CT molecular complexity index is 635. The van der Waals surface area contributed by atoms with E-state index in [4.69, 9.17) is 0 Å². The average Bonchev–Trinajstić information content (AvgIpc) is 2.94. The molecular weight excluding hydrogens is 258 g/mol. The Hall–Kier alpha value is -1.80. The second-order valence-corrected chi connectivity index (χ2v) is 6.09. The first-order chi connectivity index (χ1) is 10.1. The van der Waals surface area contributed by atoms with E-state index in [0.29, 0.717) is 11.8 Å². The van der Waals surface area contributed by atoms with E-state index in [1.54, 1.807) is 6.07 Å². The smallest absolute Gasteiger partial charge is 0.115 e. The van der Waals surface area contributed by atoms with E-state index in [9.17, 15) is 5.11 Å². The molecule has 0 heterocycles. The molecule has 0 bridgehead atoms. The predicted molar refractivity (Wildman–Crippen MR) is 86.5 cm³/mol. The van der Waals surface area contributed by atoms with E-state index >= 15 is 0 Å². The molecule has 2 aromatic carbocycles. The Balaban J connectivity index is 1.72. The first-order valence-electron chi connectivity index (χ1n) is 7.80. The normalized spacial score (nSPS) is 16.5. The number of phenolic OH excluding ortho intramolecular Hbond substituents is 1. The monoisotopic (exact) mass is 281 g/mol. The molecule has 110 valence electrons. The highest BCUT2D eigenvalue weighted by Gasteiger charge is 2.15. The lowest BCUT2D eigenvalue weighted by Gasteiger charge is -2.21. The summed E-state index contributed by atoms with van der Waals surface area (Å²) < 4.78 is 0. The number of rotatable bonds is 4. The van der Waals surface area contributed by atoms with Crippen molar-refractivity contribution in [2.24, 2.45) is 0 Å². The average molecular weight is 281 g/mol. The minimum Gasteiger partial charge on any atom is -0.508 e. The first kappa shape index (κ1) is 14.2. The Morgan fingerprint density at radius 2 is 1.62 bits per heavy atom. The van der Waals surface area contributed by atoms with Crippen LogP contribution in [-0.4, -0.2) is 5.11 Å². The van der Waals surface area contributed by atoms with Gasteiger partial charge in [-0.2, -0.15) is 0 Å². The van der Waals surface area contributed by atoms with E-state index in [0.717, 1.165) is 5.56 Å². The summed E-state index contributed by atoms with van der Waals surface area (Å²) in [6.45, 7) is 4.34. The van der Waals surface area contributed by atoms with Gasteiger partial charge < -0.3 is 10.4 Å². The molecule has 2 nitrogen and oxygen atoms in total. The summed E-state index contributed by atoms with van der Waals surface area (Å²) >= 11 is 0. The topological polar surface area (TPSA) is 32.3 Å². The molecule has 3 rings (SSSR count). The molecular formula is C19H23NO. The van der Waals surface area contributed by atoms with Crippen molar-refractivity contribution in [3.05, 3.63) is 64.7 Å². The lowest BCUT2D eigenvalue weighted by molar-refractivity contribution is 0.466. The van der Waals surface area contributed by atoms with E-state index in [-0.39, 0.29) is 6.04 Å². The molecule has 2 aromatic rings. The molecule has 0 spiro atoms. The van der Waals surface area contributed by atoms with E-state index in [1.807, 2.05) is 18.2 Å². The van der Waals surface area contributed by atoms with Gasteiger partial charge >= 0.3 is 0 Å². The number of benzene rings is 2. The Labute approximate surface area is 126 Å². The molecule has 0 saturated heterocycles. The number of fused-ring (bicyclic) bond motifs is 1. The fourth-order valence-electron chi connectivity index (χ4n) is 3.22. The molecule has 2 heteroatoms. The summed E-state index contributed by atoms with van der Waals surface area (Å²) in [7, 11) is 0. The van der Waals surface area contributed by atoms with Gasteiger partial charge in [-0.15, -0.1) is 0 Å². The first-order valence-corrected chi connectivity index (χ1v) is 7.80. The maximum absolute atomic E-state index is 9.59. The Kier molecular flexibility index (Phi) is 3.98. The number of phenols is 1. The third kappa shape index (κ3) is 3.11. The van der Waals surface area contributed by atoms with Crippen molar-refractivity contribution in [2.45, 2.75) is 45.2 Å². The van der Waals surface area contributed by atoms with Gasteiger partial charge in [0.15, 0.2) is 0 Å². The SMILES string of the molecule is CC(NC(C)c1ccc2c(c1)CCC2)c1cccc(O)c1. The zero-order valence-corrected chi connectivity index (χ0v) is 12.8. The highest BCUT2D eigenvalue weighted by atomic mass is 16.3. The molecule has 21 heavy (non-hydrogen) atoms. The number of aromatic hydroxyl groups is 1. The van der Waals surface area contributed by atoms with Crippen LogP contribution in [0.3, 0.4) is 0 Å². The lowest BCUT2D eigenvalue weighted by atomic mass is 10.0. The van der Waals surface area contributed by atoms with Gasteiger partial charge in [0.1, 0.15) is 5.75 Å². The van der Waals surface area contributed by atoms with Gasteiger partial charge in [-0.25, -0.2) is 0 Å². The maximum Gasteiger partial charge on any atom is 0.115 e. The molecule has 1 aliphatic rings. The molecule has 2 N–H and O–H groups in total. The predicted octanol–water partition coefficient (Wildman–Crippen LogP) is 4.29. The zero-order chi connectivity index (χ0) is 14.8. The molecule has 2 atom stereocenters. The molecule has 0 saturated carbocycles. The van der Waals surface area contributed by atoms with Crippen LogP contribution in [0.1, 0.15) is 54.6 Å². The molecule has 0 radical (unpaired) electrons. The van der Waals surface area contributed by atoms with Crippen molar-refractivity contribution in [3.63, 3.8) is 0 Å². The van der Waals surface area contributed by atoms with Crippen molar-refractivity contribution in [1.29, 1.82) is 0 Å². The molecule has 0 aliphatic heterocycles. The van der Waals surface area contributed by atoms with Crippen LogP contribution >= 0.6 is 0 Å². The standard InChI is InChI=1S/C19H23NO/c1-13(16-6-4-8-19(21)12-16)20-14(2)17-10-9-15-5-3-7-18(15)11-17/h4,6,8-14,20-21H,3,5,7H2,1-2H3. The van der Waals surface area contributed by atoms with Crippen LogP contribution in [0.2, 0.25) is 0 Å². The fourth-order valence-corrected chi connectivity index (χ4v) is 3.22. The van der Waals surface area contributed by atoms with Crippen LogP contribution < -0.4 is 5.32 Å². The number of aryl methyl sites for hydroxylation is 2. The second kappa shape index (κ2) is 5.90. The van der Waals surface area contributed by atoms with Crippen LogP contribution in [-0.2, 0) is 12.8 Å². The third-order valence-electron chi connectivity index (χ3n) is 4.49. The molecule has 2 unspecified atom stereocenters. The Morgan fingerprint density at radius 3 is 2.38 bits per heavy atom. The van der Waals surface area contributed by atoms with Crippen molar-refractivity contribution in [1.82, 2.24) is 5.32 Å². The quantitative estimate of drug-likeness (QED) is 0.876. The summed E-state index contributed by atoms with van der Waals surface area (Å²) in [6, 6.07) is 14.9. The molecule has 0 fully saturated rings. The number of hydrogen-bond acceptors (Lipinski definition) is 2. The van der Waals surface area contributed by atoms with Crippen LogP contribution in [0.25, 0.3) is 0 Å². The lowest BCUT2D eigenvalue weighted by Crippen LogP contribution is -2.22. The van der Waals surface area contributed by atoms with E-state index in [1.165, 1.54) is 36.0 Å². The van der Waals surface area contributed by atoms with Gasteiger partial charge in [-0.1, -0.05) is 30.3 Å². The minimum absolute atomic E-state index is 0.209. The fraction of sp³-hybridized carbons (Fsp3) is 0.368. The number of hydrogen-bond donors (Lipinski definition) is 2. The Morgan fingerprint density at radius 1 is 0.905 bits per heavy atom. The van der Waals surface area contributed by atoms with Crippen molar-refractivity contribution in [2.75, 3.05) is 0 Å². The third-order valence-corrected chi connectivity index (χ3v) is 4.49. The van der Waals surface area contributed by atoms with Crippen molar-refractivity contribution >= 4 is 0 Å². The molecule has 0 amide bonds. The van der Waals surface area contributed by atoms with Crippen LogP contribution in [0.15, 0.2) is 42.5 Å².